The standard InChI is InChI=1S/C20H18FN3O/c1-25-13-15-7-6-10-18(21)16(15)8-4-5-12-22-20-17-9-2-3-11-19(17)23-14-24-20/h2-3,6-7,9-11,14H,5,12-13H2,1H3,(H,22,23,24). The highest BCUT2D eigenvalue weighted by atomic mass is 19.1. The van der Waals surface area contributed by atoms with E-state index in [4.69, 9.17) is 4.74 Å². The third-order valence-corrected chi connectivity index (χ3v) is 3.70. The van der Waals surface area contributed by atoms with E-state index in [1.54, 1.807) is 13.2 Å². The fraction of sp³-hybridized carbons (Fsp3) is 0.200. The lowest BCUT2D eigenvalue weighted by atomic mass is 10.1. The lowest BCUT2D eigenvalue weighted by Gasteiger charge is -2.06. The van der Waals surface area contributed by atoms with Crippen LogP contribution in [0.25, 0.3) is 10.9 Å². The molecule has 126 valence electrons. The van der Waals surface area contributed by atoms with Crippen molar-refractivity contribution < 1.29 is 9.13 Å². The number of halogens is 1. The molecule has 3 rings (SSSR count). The molecule has 0 bridgehead atoms. The summed E-state index contributed by atoms with van der Waals surface area (Å²) in [6, 6.07) is 12.7. The highest BCUT2D eigenvalue weighted by molar-refractivity contribution is 5.88. The third-order valence-electron chi connectivity index (χ3n) is 3.70. The number of hydrogen-bond acceptors (Lipinski definition) is 4. The number of benzene rings is 2. The molecule has 0 aliphatic carbocycles. The molecule has 1 aromatic heterocycles. The van der Waals surface area contributed by atoms with Gasteiger partial charge in [-0.05, 0) is 23.8 Å². The van der Waals surface area contributed by atoms with Crippen LogP contribution < -0.4 is 5.32 Å². The molecule has 0 aliphatic rings. The Morgan fingerprint density at radius 1 is 1.12 bits per heavy atom. The number of para-hydroxylation sites is 1. The van der Waals surface area contributed by atoms with E-state index in [0.29, 0.717) is 25.1 Å². The molecule has 0 amide bonds. The van der Waals surface area contributed by atoms with E-state index in [1.165, 1.54) is 12.4 Å². The average molecular weight is 335 g/mol. The van der Waals surface area contributed by atoms with Gasteiger partial charge >= 0.3 is 0 Å². The second-order valence-corrected chi connectivity index (χ2v) is 5.42. The summed E-state index contributed by atoms with van der Waals surface area (Å²) in [5.41, 5.74) is 2.04. The zero-order valence-corrected chi connectivity index (χ0v) is 13.9. The maximum Gasteiger partial charge on any atom is 0.139 e. The zero-order valence-electron chi connectivity index (χ0n) is 13.9. The quantitative estimate of drug-likeness (QED) is 0.569. The normalized spacial score (nSPS) is 10.3. The van der Waals surface area contributed by atoms with Gasteiger partial charge in [0.15, 0.2) is 0 Å². The van der Waals surface area contributed by atoms with E-state index >= 15 is 0 Å². The predicted octanol–water partition coefficient (Wildman–Crippen LogP) is 3.77. The van der Waals surface area contributed by atoms with Crippen LogP contribution in [-0.4, -0.2) is 23.6 Å². The van der Waals surface area contributed by atoms with Gasteiger partial charge in [-0.2, -0.15) is 0 Å². The van der Waals surface area contributed by atoms with Crippen molar-refractivity contribution in [2.75, 3.05) is 19.0 Å². The SMILES string of the molecule is COCc1cccc(F)c1C#CCCNc1ncnc2ccccc12. The van der Waals surface area contributed by atoms with E-state index in [2.05, 4.69) is 27.1 Å². The fourth-order valence-corrected chi connectivity index (χ4v) is 2.52. The highest BCUT2D eigenvalue weighted by Crippen LogP contribution is 2.18. The molecule has 0 spiro atoms. The van der Waals surface area contributed by atoms with Gasteiger partial charge in [-0.3, -0.25) is 0 Å². The number of fused-ring (bicyclic) bond motifs is 1. The van der Waals surface area contributed by atoms with E-state index in [0.717, 1.165) is 22.3 Å². The first-order chi connectivity index (χ1) is 12.3. The minimum Gasteiger partial charge on any atom is -0.380 e. The predicted molar refractivity (Wildman–Crippen MR) is 96.6 cm³/mol. The molecule has 2 aromatic carbocycles. The molecule has 25 heavy (non-hydrogen) atoms. The lowest BCUT2D eigenvalue weighted by molar-refractivity contribution is 0.184. The molecule has 1 N–H and O–H groups in total. The number of ether oxygens (including phenoxy) is 1. The summed E-state index contributed by atoms with van der Waals surface area (Å²) in [6.07, 6.45) is 2.10. The van der Waals surface area contributed by atoms with Crippen molar-refractivity contribution in [2.45, 2.75) is 13.0 Å². The summed E-state index contributed by atoms with van der Waals surface area (Å²) in [7, 11) is 1.58. The fourth-order valence-electron chi connectivity index (χ4n) is 2.52. The van der Waals surface area contributed by atoms with Gasteiger partial charge in [0.1, 0.15) is 18.0 Å². The lowest BCUT2D eigenvalue weighted by Crippen LogP contribution is -2.03. The Hall–Kier alpha value is -2.97. The molecule has 0 saturated heterocycles. The van der Waals surface area contributed by atoms with Gasteiger partial charge in [0.2, 0.25) is 0 Å². The smallest absolute Gasteiger partial charge is 0.139 e. The second kappa shape index (κ2) is 8.22. The Labute approximate surface area is 146 Å². The van der Waals surface area contributed by atoms with Crippen molar-refractivity contribution in [1.82, 2.24) is 9.97 Å². The molecule has 3 aromatic rings. The van der Waals surface area contributed by atoms with Crippen LogP contribution in [0.3, 0.4) is 0 Å². The highest BCUT2D eigenvalue weighted by Gasteiger charge is 2.05. The number of methoxy groups -OCH3 is 1. The van der Waals surface area contributed by atoms with Crippen molar-refractivity contribution in [1.29, 1.82) is 0 Å². The molecule has 0 unspecified atom stereocenters. The first-order valence-corrected chi connectivity index (χ1v) is 7.98. The number of rotatable bonds is 5. The van der Waals surface area contributed by atoms with Crippen molar-refractivity contribution in [2.24, 2.45) is 0 Å². The maximum absolute atomic E-state index is 13.9. The molecule has 0 saturated carbocycles. The van der Waals surface area contributed by atoms with E-state index in [-0.39, 0.29) is 5.82 Å². The van der Waals surface area contributed by atoms with E-state index in [9.17, 15) is 4.39 Å². The number of hydrogen-bond donors (Lipinski definition) is 1. The van der Waals surface area contributed by atoms with Gasteiger partial charge in [-0.25, -0.2) is 14.4 Å². The van der Waals surface area contributed by atoms with Crippen molar-refractivity contribution in [3.63, 3.8) is 0 Å². The molecule has 4 nitrogen and oxygen atoms in total. The van der Waals surface area contributed by atoms with Crippen molar-refractivity contribution in [3.05, 3.63) is 65.7 Å². The third kappa shape index (κ3) is 4.11. The summed E-state index contributed by atoms with van der Waals surface area (Å²) in [5, 5.41) is 4.22. The molecular weight excluding hydrogens is 317 g/mol. The summed E-state index contributed by atoms with van der Waals surface area (Å²) in [4.78, 5) is 8.50. The van der Waals surface area contributed by atoms with Crippen LogP contribution in [0.2, 0.25) is 0 Å². The minimum atomic E-state index is -0.322. The molecule has 0 radical (unpaired) electrons. The Bertz CT molecular complexity index is 926. The Morgan fingerprint density at radius 2 is 2.00 bits per heavy atom. The Balaban J connectivity index is 1.66. The average Bonchev–Trinajstić information content (AvgIpc) is 2.64. The van der Waals surface area contributed by atoms with Gasteiger partial charge in [0, 0.05) is 25.5 Å². The van der Waals surface area contributed by atoms with Gasteiger partial charge < -0.3 is 10.1 Å². The van der Waals surface area contributed by atoms with Gasteiger partial charge in [0.25, 0.3) is 0 Å². The zero-order chi connectivity index (χ0) is 17.5. The number of nitrogens with zero attached hydrogens (tertiary/aromatic N) is 2. The maximum atomic E-state index is 13.9. The minimum absolute atomic E-state index is 0.322. The Morgan fingerprint density at radius 3 is 2.88 bits per heavy atom. The second-order valence-electron chi connectivity index (χ2n) is 5.42. The molecule has 0 aliphatic heterocycles. The van der Waals surface area contributed by atoms with Gasteiger partial charge in [0.05, 0.1) is 17.7 Å². The van der Waals surface area contributed by atoms with E-state index < -0.39 is 0 Å². The van der Waals surface area contributed by atoms with Crippen molar-refractivity contribution >= 4 is 16.7 Å². The molecular formula is C20H18FN3O. The summed E-state index contributed by atoms with van der Waals surface area (Å²) in [5.74, 6) is 6.37. The molecule has 1 heterocycles. The van der Waals surface area contributed by atoms with Crippen LogP contribution in [0, 0.1) is 17.7 Å². The van der Waals surface area contributed by atoms with Crippen LogP contribution in [0.5, 0.6) is 0 Å². The van der Waals surface area contributed by atoms with Gasteiger partial charge in [-0.15, -0.1) is 0 Å². The first-order valence-electron chi connectivity index (χ1n) is 7.98. The molecule has 0 fully saturated rings. The summed E-state index contributed by atoms with van der Waals surface area (Å²) in [6.45, 7) is 0.953. The molecule has 0 atom stereocenters. The number of aromatic nitrogens is 2. The number of nitrogens with one attached hydrogen (secondary N) is 1. The van der Waals surface area contributed by atoms with Crippen LogP contribution in [0.15, 0.2) is 48.8 Å². The first kappa shape index (κ1) is 16.9. The number of anilines is 1. The van der Waals surface area contributed by atoms with Crippen LogP contribution >= 0.6 is 0 Å². The monoisotopic (exact) mass is 335 g/mol. The van der Waals surface area contributed by atoms with Crippen LogP contribution in [-0.2, 0) is 11.3 Å². The van der Waals surface area contributed by atoms with Crippen LogP contribution in [0.1, 0.15) is 17.5 Å². The Kier molecular flexibility index (Phi) is 5.55. The summed E-state index contributed by atoms with van der Waals surface area (Å²) >= 11 is 0. The summed E-state index contributed by atoms with van der Waals surface area (Å²) < 4.78 is 19.0. The van der Waals surface area contributed by atoms with Crippen molar-refractivity contribution in [3.8, 4) is 11.8 Å². The van der Waals surface area contributed by atoms with E-state index in [1.807, 2.05) is 30.3 Å². The van der Waals surface area contributed by atoms with Crippen LogP contribution in [0.4, 0.5) is 10.2 Å². The molecule has 5 heteroatoms. The van der Waals surface area contributed by atoms with Gasteiger partial charge in [-0.1, -0.05) is 36.1 Å². The largest absolute Gasteiger partial charge is 0.380 e. The topological polar surface area (TPSA) is 47.0 Å².